The minimum Gasteiger partial charge on any atom is -0.462 e. The summed E-state index contributed by atoms with van der Waals surface area (Å²) in [4.78, 5) is 21.0. The number of thioether (sulfide) groups is 1. The van der Waals surface area contributed by atoms with E-state index in [0.29, 0.717) is 16.1 Å². The Kier molecular flexibility index (Phi) is 5.27. The van der Waals surface area contributed by atoms with Crippen LogP contribution in [-0.2, 0) is 4.79 Å². The number of amides is 1. The summed E-state index contributed by atoms with van der Waals surface area (Å²) >= 11 is 2.72. The third-order valence-electron chi connectivity index (χ3n) is 3.77. The lowest BCUT2D eigenvalue weighted by molar-refractivity contribution is -0.113. The van der Waals surface area contributed by atoms with E-state index in [1.807, 2.05) is 44.2 Å². The number of hydrogen-bond acceptors (Lipinski definition) is 7. The van der Waals surface area contributed by atoms with E-state index >= 15 is 0 Å². The number of fused-ring (bicyclic) bond motifs is 1. The first-order valence-corrected chi connectivity index (χ1v) is 10.3. The van der Waals surface area contributed by atoms with Crippen molar-refractivity contribution in [3.05, 3.63) is 53.2 Å². The molecule has 2 N–H and O–H groups in total. The SMILES string of the molecule is Cc1ccc2nc(NC(=O)CSc3n[nH]c(/C=C/c4ccc(C)o4)n3)sc2c1. The molecular formula is C19H17N5O2S2. The van der Waals surface area contributed by atoms with Gasteiger partial charge >= 0.3 is 0 Å². The summed E-state index contributed by atoms with van der Waals surface area (Å²) in [5.74, 6) is 2.25. The molecule has 9 heteroatoms. The number of aromatic amines is 1. The van der Waals surface area contributed by atoms with Crippen LogP contribution in [-0.4, -0.2) is 31.8 Å². The predicted molar refractivity (Wildman–Crippen MR) is 112 cm³/mol. The van der Waals surface area contributed by atoms with Gasteiger partial charge in [-0.25, -0.2) is 9.97 Å². The van der Waals surface area contributed by atoms with Crippen LogP contribution in [0.5, 0.6) is 0 Å². The molecule has 0 radical (unpaired) electrons. The van der Waals surface area contributed by atoms with E-state index in [4.69, 9.17) is 4.42 Å². The Morgan fingerprint density at radius 3 is 2.96 bits per heavy atom. The first-order chi connectivity index (χ1) is 13.5. The van der Waals surface area contributed by atoms with Gasteiger partial charge in [-0.15, -0.1) is 5.10 Å². The Labute approximate surface area is 169 Å². The number of nitrogens with one attached hydrogen (secondary N) is 2. The topological polar surface area (TPSA) is 96.7 Å². The van der Waals surface area contributed by atoms with E-state index in [9.17, 15) is 4.79 Å². The lowest BCUT2D eigenvalue weighted by Gasteiger charge is -1.98. The highest BCUT2D eigenvalue weighted by Gasteiger charge is 2.10. The fourth-order valence-electron chi connectivity index (χ4n) is 2.47. The van der Waals surface area contributed by atoms with Gasteiger partial charge in [0.2, 0.25) is 11.1 Å². The molecule has 0 aliphatic rings. The van der Waals surface area contributed by atoms with Crippen LogP contribution in [0.4, 0.5) is 5.13 Å². The van der Waals surface area contributed by atoms with Gasteiger partial charge in [-0.1, -0.05) is 29.2 Å². The number of aromatic nitrogens is 4. The van der Waals surface area contributed by atoms with Crippen molar-refractivity contribution in [2.24, 2.45) is 0 Å². The van der Waals surface area contributed by atoms with Crippen LogP contribution in [0.1, 0.15) is 22.9 Å². The molecule has 0 bridgehead atoms. The maximum atomic E-state index is 12.2. The van der Waals surface area contributed by atoms with Crippen molar-refractivity contribution in [3.8, 4) is 0 Å². The molecule has 0 fully saturated rings. The Morgan fingerprint density at radius 2 is 2.14 bits per heavy atom. The van der Waals surface area contributed by atoms with Crippen molar-refractivity contribution >= 4 is 56.5 Å². The number of anilines is 1. The van der Waals surface area contributed by atoms with Crippen LogP contribution in [0.2, 0.25) is 0 Å². The van der Waals surface area contributed by atoms with Gasteiger partial charge in [0.15, 0.2) is 5.13 Å². The maximum Gasteiger partial charge on any atom is 0.236 e. The number of furan rings is 1. The third kappa shape index (κ3) is 4.49. The van der Waals surface area contributed by atoms with Crippen LogP contribution in [0.15, 0.2) is 39.9 Å². The number of carbonyl (C=O) groups excluding carboxylic acids is 1. The molecule has 1 aromatic carbocycles. The van der Waals surface area contributed by atoms with Crippen molar-refractivity contribution in [2.75, 3.05) is 11.1 Å². The number of carbonyl (C=O) groups is 1. The van der Waals surface area contributed by atoms with E-state index in [1.165, 1.54) is 28.7 Å². The van der Waals surface area contributed by atoms with E-state index in [0.717, 1.165) is 21.7 Å². The number of H-pyrrole nitrogens is 1. The molecule has 0 atom stereocenters. The van der Waals surface area contributed by atoms with Gasteiger partial charge in [-0.3, -0.25) is 9.89 Å². The Bertz CT molecular complexity index is 1160. The van der Waals surface area contributed by atoms with Crippen LogP contribution in [0.25, 0.3) is 22.4 Å². The molecule has 0 saturated heterocycles. The summed E-state index contributed by atoms with van der Waals surface area (Å²) < 4.78 is 6.52. The number of hydrogen-bond donors (Lipinski definition) is 2. The van der Waals surface area contributed by atoms with E-state index < -0.39 is 0 Å². The molecule has 0 aliphatic carbocycles. The molecule has 0 unspecified atom stereocenters. The quantitative estimate of drug-likeness (QED) is 0.453. The largest absolute Gasteiger partial charge is 0.462 e. The number of rotatable bonds is 6. The summed E-state index contributed by atoms with van der Waals surface area (Å²) in [5, 5.41) is 10.9. The Balaban J connectivity index is 1.32. The van der Waals surface area contributed by atoms with Crippen molar-refractivity contribution in [1.82, 2.24) is 20.2 Å². The molecule has 1 amide bonds. The van der Waals surface area contributed by atoms with E-state index in [-0.39, 0.29) is 11.7 Å². The molecule has 0 aliphatic heterocycles. The maximum absolute atomic E-state index is 12.2. The van der Waals surface area contributed by atoms with E-state index in [1.54, 1.807) is 6.08 Å². The monoisotopic (exact) mass is 411 g/mol. The van der Waals surface area contributed by atoms with Crippen molar-refractivity contribution in [2.45, 2.75) is 19.0 Å². The highest BCUT2D eigenvalue weighted by molar-refractivity contribution is 7.99. The van der Waals surface area contributed by atoms with Crippen LogP contribution in [0, 0.1) is 13.8 Å². The van der Waals surface area contributed by atoms with Crippen LogP contribution < -0.4 is 5.32 Å². The minimum atomic E-state index is -0.145. The van der Waals surface area contributed by atoms with Gasteiger partial charge in [0, 0.05) is 0 Å². The standard InChI is InChI=1S/C19H17N5O2S2/c1-11-3-7-14-15(9-11)28-18(20-14)22-17(25)10-27-19-21-16(23-24-19)8-6-13-5-4-12(2)26-13/h3-9H,10H2,1-2H3,(H,20,22,25)(H,21,23,24)/b8-6+. The predicted octanol–water partition coefficient (Wildman–Crippen LogP) is 4.53. The number of aryl methyl sites for hydroxylation is 2. The van der Waals surface area contributed by atoms with Crippen molar-refractivity contribution in [1.29, 1.82) is 0 Å². The van der Waals surface area contributed by atoms with Crippen LogP contribution in [0.3, 0.4) is 0 Å². The molecule has 0 saturated carbocycles. The fraction of sp³-hybridized carbons (Fsp3) is 0.158. The number of thiazole rings is 1. The average molecular weight is 412 g/mol. The molecule has 0 spiro atoms. The molecule has 3 aromatic heterocycles. The Morgan fingerprint density at radius 1 is 1.25 bits per heavy atom. The van der Waals surface area contributed by atoms with Gasteiger partial charge in [0.05, 0.1) is 16.0 Å². The normalized spacial score (nSPS) is 11.5. The van der Waals surface area contributed by atoms with E-state index in [2.05, 4.69) is 31.5 Å². The zero-order valence-electron chi connectivity index (χ0n) is 15.2. The smallest absolute Gasteiger partial charge is 0.236 e. The number of benzene rings is 1. The highest BCUT2D eigenvalue weighted by atomic mass is 32.2. The summed E-state index contributed by atoms with van der Waals surface area (Å²) in [6, 6.07) is 9.80. The molecule has 3 heterocycles. The van der Waals surface area contributed by atoms with Crippen molar-refractivity contribution < 1.29 is 9.21 Å². The first kappa shape index (κ1) is 18.5. The summed E-state index contributed by atoms with van der Waals surface area (Å²) in [6.45, 7) is 3.92. The molecular weight excluding hydrogens is 394 g/mol. The second-order valence-electron chi connectivity index (χ2n) is 6.11. The average Bonchev–Trinajstić information content (AvgIpc) is 3.37. The third-order valence-corrected chi connectivity index (χ3v) is 5.55. The lowest BCUT2D eigenvalue weighted by Crippen LogP contribution is -2.13. The minimum absolute atomic E-state index is 0.145. The summed E-state index contributed by atoms with van der Waals surface area (Å²) in [5.41, 5.74) is 2.05. The first-order valence-electron chi connectivity index (χ1n) is 8.52. The highest BCUT2D eigenvalue weighted by Crippen LogP contribution is 2.27. The molecule has 4 rings (SSSR count). The van der Waals surface area contributed by atoms with Crippen molar-refractivity contribution in [3.63, 3.8) is 0 Å². The van der Waals surface area contributed by atoms with Gasteiger partial charge in [0.25, 0.3) is 0 Å². The second-order valence-corrected chi connectivity index (χ2v) is 8.09. The lowest BCUT2D eigenvalue weighted by atomic mass is 10.2. The molecule has 7 nitrogen and oxygen atoms in total. The zero-order chi connectivity index (χ0) is 19.5. The Hall–Kier alpha value is -2.91. The molecule has 4 aromatic rings. The van der Waals surface area contributed by atoms with Crippen LogP contribution >= 0.6 is 23.1 Å². The van der Waals surface area contributed by atoms with Gasteiger partial charge in [0.1, 0.15) is 17.3 Å². The number of nitrogens with zero attached hydrogens (tertiary/aromatic N) is 3. The van der Waals surface area contributed by atoms with Gasteiger partial charge < -0.3 is 9.73 Å². The molecule has 28 heavy (non-hydrogen) atoms. The second kappa shape index (κ2) is 7.99. The van der Waals surface area contributed by atoms with Gasteiger partial charge in [-0.2, -0.15) is 0 Å². The summed E-state index contributed by atoms with van der Waals surface area (Å²) in [6.07, 6.45) is 3.59. The van der Waals surface area contributed by atoms with Gasteiger partial charge in [-0.05, 0) is 55.8 Å². The summed E-state index contributed by atoms with van der Waals surface area (Å²) in [7, 11) is 0. The fourth-order valence-corrected chi connectivity index (χ4v) is 4.06. The molecule has 142 valence electrons. The zero-order valence-corrected chi connectivity index (χ0v) is 16.9.